The van der Waals surface area contributed by atoms with Crippen LogP contribution in [0, 0.1) is 5.82 Å². The van der Waals surface area contributed by atoms with Gasteiger partial charge in [0.25, 0.3) is 5.91 Å². The van der Waals surface area contributed by atoms with E-state index in [2.05, 4.69) is 16.7 Å². The average Bonchev–Trinajstić information content (AvgIpc) is 2.65. The average molecular weight is 340 g/mol. The van der Waals surface area contributed by atoms with Crippen LogP contribution in [0.3, 0.4) is 0 Å². The topological polar surface area (TPSA) is 50.4 Å². The highest BCUT2D eigenvalue weighted by molar-refractivity contribution is 5.96. The molecule has 0 saturated carbocycles. The Morgan fingerprint density at radius 1 is 1.20 bits per heavy atom. The minimum Gasteiger partial charge on any atom is -0.376 e. The maximum Gasteiger partial charge on any atom is 0.251 e. The standard InChI is InChI=1S/C20H21FN2O2/c21-16-8-15-10-22-6-4-18(15)19(9-16)20(24)23-11-13-2-1-3-14-12-25-7-5-17(13)14/h1-3,8-9,22H,4-7,10-12H2,(H,23,24). The largest absolute Gasteiger partial charge is 0.376 e. The van der Waals surface area contributed by atoms with Gasteiger partial charge in [-0.05, 0) is 59.3 Å². The zero-order valence-corrected chi connectivity index (χ0v) is 14.0. The lowest BCUT2D eigenvalue weighted by molar-refractivity contribution is 0.0948. The Kier molecular flexibility index (Phi) is 4.51. The predicted molar refractivity (Wildman–Crippen MR) is 92.8 cm³/mol. The van der Waals surface area contributed by atoms with Gasteiger partial charge in [0.1, 0.15) is 5.82 Å². The second-order valence-corrected chi connectivity index (χ2v) is 6.56. The molecule has 0 fully saturated rings. The van der Waals surface area contributed by atoms with E-state index in [9.17, 15) is 9.18 Å². The monoisotopic (exact) mass is 340 g/mol. The summed E-state index contributed by atoms with van der Waals surface area (Å²) in [6.07, 6.45) is 1.61. The van der Waals surface area contributed by atoms with Gasteiger partial charge in [0.2, 0.25) is 0 Å². The number of carbonyl (C=O) groups is 1. The number of halogens is 1. The Bertz CT molecular complexity index is 820. The first kappa shape index (κ1) is 16.2. The summed E-state index contributed by atoms with van der Waals surface area (Å²) in [5, 5.41) is 6.19. The van der Waals surface area contributed by atoms with Gasteiger partial charge in [-0.25, -0.2) is 4.39 Å². The van der Waals surface area contributed by atoms with Gasteiger partial charge in [-0.15, -0.1) is 0 Å². The lowest BCUT2D eigenvalue weighted by Crippen LogP contribution is -2.30. The Hall–Kier alpha value is -2.24. The zero-order chi connectivity index (χ0) is 17.2. The van der Waals surface area contributed by atoms with Crippen molar-refractivity contribution in [2.45, 2.75) is 32.5 Å². The number of benzene rings is 2. The second-order valence-electron chi connectivity index (χ2n) is 6.56. The first-order valence-electron chi connectivity index (χ1n) is 8.70. The minimum atomic E-state index is -0.359. The van der Waals surface area contributed by atoms with E-state index in [4.69, 9.17) is 4.74 Å². The van der Waals surface area contributed by atoms with Crippen LogP contribution in [-0.2, 0) is 37.3 Å². The molecule has 0 aromatic heterocycles. The summed E-state index contributed by atoms with van der Waals surface area (Å²) in [4.78, 5) is 12.7. The molecule has 2 aliphatic heterocycles. The Balaban J connectivity index is 1.55. The molecular weight excluding hydrogens is 319 g/mol. The summed E-state index contributed by atoms with van der Waals surface area (Å²) in [6, 6.07) is 8.97. The summed E-state index contributed by atoms with van der Waals surface area (Å²) in [6.45, 7) is 3.21. The van der Waals surface area contributed by atoms with Gasteiger partial charge in [-0.1, -0.05) is 18.2 Å². The highest BCUT2D eigenvalue weighted by Gasteiger charge is 2.20. The summed E-state index contributed by atoms with van der Waals surface area (Å²) in [5.41, 5.74) is 5.87. The van der Waals surface area contributed by atoms with E-state index < -0.39 is 0 Å². The van der Waals surface area contributed by atoms with Gasteiger partial charge in [0.15, 0.2) is 0 Å². The molecule has 2 heterocycles. The number of carbonyl (C=O) groups excluding carboxylic acids is 1. The van der Waals surface area contributed by atoms with Gasteiger partial charge in [-0.3, -0.25) is 4.79 Å². The van der Waals surface area contributed by atoms with Crippen LogP contribution in [0.4, 0.5) is 4.39 Å². The van der Waals surface area contributed by atoms with Gasteiger partial charge in [0.05, 0.1) is 13.2 Å². The minimum absolute atomic E-state index is 0.206. The molecule has 0 unspecified atom stereocenters. The zero-order valence-electron chi connectivity index (χ0n) is 14.0. The lowest BCUT2D eigenvalue weighted by Gasteiger charge is -2.22. The lowest BCUT2D eigenvalue weighted by atomic mass is 9.94. The normalized spacial score (nSPS) is 16.0. The quantitative estimate of drug-likeness (QED) is 0.902. The molecule has 130 valence electrons. The van der Waals surface area contributed by atoms with Crippen molar-refractivity contribution in [3.8, 4) is 0 Å². The first-order valence-corrected chi connectivity index (χ1v) is 8.70. The maximum atomic E-state index is 13.9. The van der Waals surface area contributed by atoms with Crippen molar-refractivity contribution in [2.24, 2.45) is 0 Å². The SMILES string of the molecule is O=C(NCc1cccc2c1CCOC2)c1cc(F)cc2c1CCNC2. The Labute approximate surface area is 146 Å². The van der Waals surface area contributed by atoms with Crippen LogP contribution in [-0.4, -0.2) is 19.1 Å². The highest BCUT2D eigenvalue weighted by Crippen LogP contribution is 2.23. The van der Waals surface area contributed by atoms with Gasteiger partial charge in [-0.2, -0.15) is 0 Å². The van der Waals surface area contributed by atoms with Crippen molar-refractivity contribution in [3.05, 3.63) is 69.5 Å². The van der Waals surface area contributed by atoms with Crippen LogP contribution in [0.2, 0.25) is 0 Å². The Morgan fingerprint density at radius 2 is 2.12 bits per heavy atom. The molecule has 4 rings (SSSR count). The molecule has 0 bridgehead atoms. The summed E-state index contributed by atoms with van der Waals surface area (Å²) < 4.78 is 19.4. The van der Waals surface area contributed by atoms with E-state index in [0.29, 0.717) is 31.9 Å². The molecule has 5 heteroatoms. The number of hydrogen-bond acceptors (Lipinski definition) is 3. The van der Waals surface area contributed by atoms with Crippen LogP contribution in [0.15, 0.2) is 30.3 Å². The fraction of sp³-hybridized carbons (Fsp3) is 0.350. The molecule has 2 aromatic rings. The number of rotatable bonds is 3. The third-order valence-electron chi connectivity index (χ3n) is 4.98. The van der Waals surface area contributed by atoms with E-state index in [-0.39, 0.29) is 11.7 Å². The molecule has 0 aliphatic carbocycles. The van der Waals surface area contributed by atoms with Crippen molar-refractivity contribution >= 4 is 5.91 Å². The smallest absolute Gasteiger partial charge is 0.251 e. The molecule has 0 atom stereocenters. The predicted octanol–water partition coefficient (Wildman–Crippen LogP) is 2.47. The summed E-state index contributed by atoms with van der Waals surface area (Å²) >= 11 is 0. The molecule has 0 saturated heterocycles. The highest BCUT2D eigenvalue weighted by atomic mass is 19.1. The van der Waals surface area contributed by atoms with Crippen molar-refractivity contribution in [1.29, 1.82) is 0 Å². The van der Waals surface area contributed by atoms with Gasteiger partial charge < -0.3 is 15.4 Å². The summed E-state index contributed by atoms with van der Waals surface area (Å²) in [7, 11) is 0. The first-order chi connectivity index (χ1) is 12.2. The molecule has 0 radical (unpaired) electrons. The number of ether oxygens (including phenoxy) is 1. The molecule has 2 aromatic carbocycles. The molecule has 0 spiro atoms. The van der Waals surface area contributed by atoms with Crippen molar-refractivity contribution < 1.29 is 13.9 Å². The van der Waals surface area contributed by atoms with Gasteiger partial charge >= 0.3 is 0 Å². The van der Waals surface area contributed by atoms with Crippen LogP contribution < -0.4 is 10.6 Å². The van der Waals surface area contributed by atoms with Crippen LogP contribution in [0.5, 0.6) is 0 Å². The number of nitrogens with one attached hydrogen (secondary N) is 2. The number of fused-ring (bicyclic) bond motifs is 2. The molecular formula is C20H21FN2O2. The molecule has 2 N–H and O–H groups in total. The van der Waals surface area contributed by atoms with E-state index in [1.807, 2.05) is 12.1 Å². The maximum absolute atomic E-state index is 13.9. The van der Waals surface area contributed by atoms with E-state index in [1.54, 1.807) is 0 Å². The van der Waals surface area contributed by atoms with Crippen molar-refractivity contribution in [3.63, 3.8) is 0 Å². The molecule has 4 nitrogen and oxygen atoms in total. The second kappa shape index (κ2) is 6.94. The van der Waals surface area contributed by atoms with E-state index in [0.717, 1.165) is 36.1 Å². The summed E-state index contributed by atoms with van der Waals surface area (Å²) in [5.74, 6) is -0.566. The molecule has 1 amide bonds. The van der Waals surface area contributed by atoms with Crippen LogP contribution in [0.1, 0.15) is 38.2 Å². The van der Waals surface area contributed by atoms with Crippen LogP contribution >= 0.6 is 0 Å². The van der Waals surface area contributed by atoms with Crippen molar-refractivity contribution in [1.82, 2.24) is 10.6 Å². The van der Waals surface area contributed by atoms with E-state index >= 15 is 0 Å². The third-order valence-corrected chi connectivity index (χ3v) is 4.98. The van der Waals surface area contributed by atoms with Crippen LogP contribution in [0.25, 0.3) is 0 Å². The molecule has 25 heavy (non-hydrogen) atoms. The van der Waals surface area contributed by atoms with Crippen molar-refractivity contribution in [2.75, 3.05) is 13.2 Å². The fourth-order valence-electron chi connectivity index (χ4n) is 3.72. The number of hydrogen-bond donors (Lipinski definition) is 2. The van der Waals surface area contributed by atoms with Gasteiger partial charge in [0, 0.05) is 18.7 Å². The van der Waals surface area contributed by atoms with E-state index in [1.165, 1.54) is 23.3 Å². The third kappa shape index (κ3) is 3.30. The molecule has 2 aliphatic rings. The Morgan fingerprint density at radius 3 is 3.04 bits per heavy atom. The number of amides is 1. The fourth-order valence-corrected chi connectivity index (χ4v) is 3.72.